The minimum absolute atomic E-state index is 0.150. The summed E-state index contributed by atoms with van der Waals surface area (Å²) in [6.07, 6.45) is 0. The molecule has 0 unspecified atom stereocenters. The summed E-state index contributed by atoms with van der Waals surface area (Å²) in [6, 6.07) is 8.98. The van der Waals surface area contributed by atoms with E-state index in [4.69, 9.17) is 11.6 Å². The van der Waals surface area contributed by atoms with Gasteiger partial charge in [0.1, 0.15) is 0 Å². The smallest absolute Gasteiger partial charge is 0.271 e. The molecule has 0 aliphatic rings. The van der Waals surface area contributed by atoms with E-state index in [1.807, 2.05) is 0 Å². The standard InChI is InChI=1S/C13H7Br2ClN2O3/c14-7-1-3-10(15)9(5-7)13(19)17-12-6-8(18(20)21)2-4-11(12)16/h1-6H,(H,17,19). The van der Waals surface area contributed by atoms with Crippen molar-refractivity contribution in [2.24, 2.45) is 0 Å². The number of rotatable bonds is 3. The Morgan fingerprint density at radius 1 is 1.19 bits per heavy atom. The number of halogens is 3. The van der Waals surface area contributed by atoms with E-state index in [2.05, 4.69) is 37.2 Å². The third-order valence-electron chi connectivity index (χ3n) is 2.58. The molecule has 0 aliphatic heterocycles. The number of carbonyl (C=O) groups excluding carboxylic acids is 1. The first-order valence-corrected chi connectivity index (χ1v) is 7.55. The Morgan fingerprint density at radius 2 is 1.90 bits per heavy atom. The van der Waals surface area contributed by atoms with Gasteiger partial charge in [-0.25, -0.2) is 0 Å². The third kappa shape index (κ3) is 3.81. The maximum atomic E-state index is 12.2. The Hall–Kier alpha value is -1.44. The molecule has 5 nitrogen and oxygen atoms in total. The van der Waals surface area contributed by atoms with E-state index in [0.717, 1.165) is 4.47 Å². The van der Waals surface area contributed by atoms with Gasteiger partial charge in [0.25, 0.3) is 11.6 Å². The number of nitrogens with zero attached hydrogens (tertiary/aromatic N) is 1. The van der Waals surface area contributed by atoms with Gasteiger partial charge in [-0.2, -0.15) is 0 Å². The van der Waals surface area contributed by atoms with Crippen LogP contribution in [0.2, 0.25) is 5.02 Å². The number of benzene rings is 2. The second-order valence-electron chi connectivity index (χ2n) is 4.00. The van der Waals surface area contributed by atoms with Crippen LogP contribution in [0.4, 0.5) is 11.4 Å². The van der Waals surface area contributed by atoms with Crippen LogP contribution in [-0.2, 0) is 0 Å². The van der Waals surface area contributed by atoms with E-state index in [-0.39, 0.29) is 16.4 Å². The van der Waals surface area contributed by atoms with Gasteiger partial charge >= 0.3 is 0 Å². The molecule has 108 valence electrons. The molecule has 0 bridgehead atoms. The molecule has 0 aliphatic carbocycles. The van der Waals surface area contributed by atoms with Gasteiger partial charge in [-0.1, -0.05) is 27.5 Å². The Bertz CT molecular complexity index is 737. The van der Waals surface area contributed by atoms with Crippen LogP contribution in [0.5, 0.6) is 0 Å². The minimum atomic E-state index is -0.555. The summed E-state index contributed by atoms with van der Waals surface area (Å²) >= 11 is 12.5. The van der Waals surface area contributed by atoms with E-state index in [1.54, 1.807) is 18.2 Å². The van der Waals surface area contributed by atoms with E-state index in [1.165, 1.54) is 18.2 Å². The van der Waals surface area contributed by atoms with Gasteiger partial charge in [-0.15, -0.1) is 0 Å². The fraction of sp³-hybridized carbons (Fsp3) is 0. The molecule has 0 atom stereocenters. The van der Waals surface area contributed by atoms with Gasteiger partial charge in [0.15, 0.2) is 0 Å². The summed E-state index contributed by atoms with van der Waals surface area (Å²) in [6.45, 7) is 0. The van der Waals surface area contributed by atoms with Crippen molar-refractivity contribution in [3.8, 4) is 0 Å². The van der Waals surface area contributed by atoms with Crippen LogP contribution in [0.1, 0.15) is 10.4 Å². The number of nitro groups is 1. The zero-order chi connectivity index (χ0) is 15.6. The van der Waals surface area contributed by atoms with Crippen LogP contribution < -0.4 is 5.32 Å². The molecule has 1 amide bonds. The second kappa shape index (κ2) is 6.55. The van der Waals surface area contributed by atoms with E-state index >= 15 is 0 Å². The minimum Gasteiger partial charge on any atom is -0.320 e. The highest BCUT2D eigenvalue weighted by Gasteiger charge is 2.15. The van der Waals surface area contributed by atoms with Crippen LogP contribution in [0.3, 0.4) is 0 Å². The molecule has 0 radical (unpaired) electrons. The first-order valence-electron chi connectivity index (χ1n) is 5.59. The molecular weight excluding hydrogens is 427 g/mol. The first-order chi connectivity index (χ1) is 9.88. The molecule has 0 aromatic heterocycles. The highest BCUT2D eigenvalue weighted by molar-refractivity contribution is 9.11. The first kappa shape index (κ1) is 15.9. The molecule has 0 saturated heterocycles. The summed E-state index contributed by atoms with van der Waals surface area (Å²) < 4.78 is 1.34. The molecule has 0 heterocycles. The van der Waals surface area contributed by atoms with Crippen molar-refractivity contribution in [3.63, 3.8) is 0 Å². The monoisotopic (exact) mass is 432 g/mol. The average molecular weight is 434 g/mol. The summed E-state index contributed by atoms with van der Waals surface area (Å²) in [4.78, 5) is 22.4. The van der Waals surface area contributed by atoms with Gasteiger partial charge in [-0.05, 0) is 40.2 Å². The number of carbonyl (C=O) groups is 1. The topological polar surface area (TPSA) is 72.2 Å². The molecule has 0 spiro atoms. The highest BCUT2D eigenvalue weighted by Crippen LogP contribution is 2.28. The predicted octanol–water partition coefficient (Wildman–Crippen LogP) is 5.03. The largest absolute Gasteiger partial charge is 0.320 e. The number of hydrogen-bond acceptors (Lipinski definition) is 3. The predicted molar refractivity (Wildman–Crippen MR) is 87.9 cm³/mol. The van der Waals surface area contributed by atoms with E-state index in [9.17, 15) is 14.9 Å². The van der Waals surface area contributed by atoms with Crippen LogP contribution in [0.15, 0.2) is 45.3 Å². The van der Waals surface area contributed by atoms with E-state index in [0.29, 0.717) is 10.0 Å². The van der Waals surface area contributed by atoms with Crippen molar-refractivity contribution in [2.45, 2.75) is 0 Å². The van der Waals surface area contributed by atoms with Crippen molar-refractivity contribution < 1.29 is 9.72 Å². The van der Waals surface area contributed by atoms with Crippen molar-refractivity contribution >= 4 is 60.7 Å². The summed E-state index contributed by atoms with van der Waals surface area (Å²) in [5.74, 6) is -0.425. The maximum Gasteiger partial charge on any atom is 0.271 e. The van der Waals surface area contributed by atoms with Crippen molar-refractivity contribution in [1.82, 2.24) is 0 Å². The number of hydrogen-bond donors (Lipinski definition) is 1. The van der Waals surface area contributed by atoms with Crippen LogP contribution in [0.25, 0.3) is 0 Å². The number of amides is 1. The Balaban J connectivity index is 2.33. The lowest BCUT2D eigenvalue weighted by molar-refractivity contribution is -0.384. The fourth-order valence-electron chi connectivity index (χ4n) is 1.58. The highest BCUT2D eigenvalue weighted by atomic mass is 79.9. The van der Waals surface area contributed by atoms with Crippen molar-refractivity contribution in [3.05, 3.63) is 66.0 Å². The lowest BCUT2D eigenvalue weighted by Gasteiger charge is -2.09. The van der Waals surface area contributed by atoms with Gasteiger partial charge in [0, 0.05) is 21.1 Å². The molecule has 0 fully saturated rings. The van der Waals surface area contributed by atoms with Gasteiger partial charge in [0.2, 0.25) is 0 Å². The zero-order valence-corrected chi connectivity index (χ0v) is 14.2. The Kier molecular flexibility index (Phi) is 4.97. The number of nitrogens with one attached hydrogen (secondary N) is 1. The van der Waals surface area contributed by atoms with Crippen LogP contribution >= 0.6 is 43.5 Å². The molecule has 2 aromatic rings. The fourth-order valence-corrected chi connectivity index (χ4v) is 2.54. The molecular formula is C13H7Br2ClN2O3. The zero-order valence-electron chi connectivity index (χ0n) is 10.3. The maximum absolute atomic E-state index is 12.2. The van der Waals surface area contributed by atoms with Crippen molar-refractivity contribution in [2.75, 3.05) is 5.32 Å². The molecule has 21 heavy (non-hydrogen) atoms. The number of non-ortho nitro benzene ring substituents is 1. The molecule has 2 aromatic carbocycles. The summed E-state index contributed by atoms with van der Waals surface area (Å²) in [7, 11) is 0. The molecule has 1 N–H and O–H groups in total. The second-order valence-corrected chi connectivity index (χ2v) is 6.18. The van der Waals surface area contributed by atoms with Gasteiger partial charge in [-0.3, -0.25) is 14.9 Å². The lowest BCUT2D eigenvalue weighted by atomic mass is 10.2. The SMILES string of the molecule is O=C(Nc1cc([N+](=O)[O-])ccc1Cl)c1cc(Br)ccc1Br. The Morgan fingerprint density at radius 3 is 2.57 bits per heavy atom. The summed E-state index contributed by atoms with van der Waals surface area (Å²) in [5.41, 5.74) is 0.415. The van der Waals surface area contributed by atoms with Crippen molar-refractivity contribution in [1.29, 1.82) is 0 Å². The quantitative estimate of drug-likeness (QED) is 0.544. The van der Waals surface area contributed by atoms with Gasteiger partial charge in [0.05, 0.1) is 21.2 Å². The van der Waals surface area contributed by atoms with E-state index < -0.39 is 10.8 Å². The summed E-state index contributed by atoms with van der Waals surface area (Å²) in [5, 5.41) is 13.5. The van der Waals surface area contributed by atoms with Gasteiger partial charge < -0.3 is 5.32 Å². The molecule has 2 rings (SSSR count). The average Bonchev–Trinajstić information content (AvgIpc) is 2.43. The Labute approximate surface area is 141 Å². The number of anilines is 1. The normalized spacial score (nSPS) is 10.2. The lowest BCUT2D eigenvalue weighted by Crippen LogP contribution is -2.13. The van der Waals surface area contributed by atoms with Crippen LogP contribution in [0, 0.1) is 10.1 Å². The molecule has 0 saturated carbocycles. The number of nitro benzene ring substituents is 1. The third-order valence-corrected chi connectivity index (χ3v) is 4.10. The van der Waals surface area contributed by atoms with Crippen LogP contribution in [-0.4, -0.2) is 10.8 Å². The molecule has 8 heteroatoms.